The first-order valence-corrected chi connectivity index (χ1v) is 9.28. The van der Waals surface area contributed by atoms with Gasteiger partial charge in [0, 0.05) is 28.9 Å². The topological polar surface area (TPSA) is 101 Å². The number of nitrogens with zero attached hydrogens (tertiary/aromatic N) is 4. The smallest absolute Gasteiger partial charge is 0.204 e. The van der Waals surface area contributed by atoms with Crippen molar-refractivity contribution >= 4 is 11.6 Å². The number of likely N-dealkylation sites (N-methyl/N-ethyl adjacent to an activating group) is 1. The zero-order valence-electron chi connectivity index (χ0n) is 14.9. The molecule has 0 aromatic heterocycles. The van der Waals surface area contributed by atoms with Crippen LogP contribution in [-0.2, 0) is 0 Å². The summed E-state index contributed by atoms with van der Waals surface area (Å²) in [7, 11) is 2.07. The second-order valence-corrected chi connectivity index (χ2v) is 7.90. The molecule has 5 nitrogen and oxygen atoms in total. The number of fused-ring (bicyclic) bond motifs is 4. The number of allylic oxidation sites excluding steroid dienone is 2. The molecule has 2 bridgehead atoms. The molecule has 6 heteroatoms. The van der Waals surface area contributed by atoms with Crippen LogP contribution in [0.4, 0.5) is 0 Å². The number of halogens is 1. The quantitative estimate of drug-likeness (QED) is 0.759. The van der Waals surface area contributed by atoms with Crippen LogP contribution < -0.4 is 5.73 Å². The Bertz CT molecular complexity index is 971. The first-order valence-electron chi connectivity index (χ1n) is 8.90. The molecule has 2 heterocycles. The molecule has 1 aliphatic carbocycles. The lowest BCUT2D eigenvalue weighted by Gasteiger charge is -2.48. The number of nitrogens with two attached hydrogens (primary N) is 1. The Morgan fingerprint density at radius 2 is 1.81 bits per heavy atom. The van der Waals surface area contributed by atoms with Crippen LogP contribution in [0.2, 0.25) is 5.02 Å². The predicted octanol–water partition coefficient (Wildman–Crippen LogP) is 3.23. The first kappa shape index (κ1) is 17.6. The zero-order chi connectivity index (χ0) is 19.3. The molecule has 134 valence electrons. The fourth-order valence-corrected chi connectivity index (χ4v) is 5.21. The summed E-state index contributed by atoms with van der Waals surface area (Å²) in [6.45, 7) is 0. The van der Waals surface area contributed by atoms with Gasteiger partial charge in [-0.05, 0) is 43.2 Å². The molecule has 0 radical (unpaired) electrons. The summed E-state index contributed by atoms with van der Waals surface area (Å²) in [4.78, 5) is 2.30. The van der Waals surface area contributed by atoms with E-state index in [0.29, 0.717) is 10.6 Å². The second kappa shape index (κ2) is 6.14. The van der Waals surface area contributed by atoms with Crippen molar-refractivity contribution in [3.05, 3.63) is 57.8 Å². The van der Waals surface area contributed by atoms with E-state index in [1.165, 1.54) is 0 Å². The third-order valence-electron chi connectivity index (χ3n) is 6.43. The van der Waals surface area contributed by atoms with Gasteiger partial charge in [0.25, 0.3) is 0 Å². The van der Waals surface area contributed by atoms with Gasteiger partial charge in [-0.1, -0.05) is 29.8 Å². The monoisotopic (exact) mass is 375 g/mol. The minimum Gasteiger partial charge on any atom is -0.399 e. The average Bonchev–Trinajstić information content (AvgIpc) is 2.91. The molecule has 4 unspecified atom stereocenters. The SMILES string of the molecule is CN1C2C=C3C(C(c4ccc(Cl)cc4)C(C#N)=C(N)C3(C#N)C#N)C1CC2. The van der Waals surface area contributed by atoms with E-state index in [1.54, 1.807) is 12.1 Å². The van der Waals surface area contributed by atoms with Crippen LogP contribution in [0.15, 0.2) is 47.2 Å². The molecule has 2 aliphatic heterocycles. The van der Waals surface area contributed by atoms with Crippen molar-refractivity contribution in [3.63, 3.8) is 0 Å². The maximum atomic E-state index is 9.95. The Balaban J connectivity index is 2.03. The van der Waals surface area contributed by atoms with Crippen molar-refractivity contribution in [2.45, 2.75) is 30.8 Å². The summed E-state index contributed by atoms with van der Waals surface area (Å²) in [5, 5.41) is 30.4. The molecular formula is C21H18ClN5. The molecule has 0 spiro atoms. The van der Waals surface area contributed by atoms with Gasteiger partial charge in [0.05, 0.1) is 29.5 Å². The molecular weight excluding hydrogens is 358 g/mol. The summed E-state index contributed by atoms with van der Waals surface area (Å²) in [5.74, 6) is -0.434. The van der Waals surface area contributed by atoms with Crippen LogP contribution in [-0.4, -0.2) is 24.0 Å². The Kier molecular flexibility index (Phi) is 4.01. The van der Waals surface area contributed by atoms with Crippen molar-refractivity contribution in [2.24, 2.45) is 17.1 Å². The van der Waals surface area contributed by atoms with E-state index in [2.05, 4.69) is 30.2 Å². The summed E-state index contributed by atoms with van der Waals surface area (Å²) in [6.07, 6.45) is 3.98. The van der Waals surface area contributed by atoms with Crippen LogP contribution >= 0.6 is 11.6 Å². The fourth-order valence-electron chi connectivity index (χ4n) is 5.08. The number of hydrogen-bond acceptors (Lipinski definition) is 5. The predicted molar refractivity (Wildman–Crippen MR) is 101 cm³/mol. The zero-order valence-corrected chi connectivity index (χ0v) is 15.6. The number of nitriles is 3. The maximum absolute atomic E-state index is 9.95. The fraction of sp³-hybridized carbons (Fsp3) is 0.381. The minimum absolute atomic E-state index is 0.0707. The largest absolute Gasteiger partial charge is 0.399 e. The van der Waals surface area contributed by atoms with E-state index < -0.39 is 5.41 Å². The maximum Gasteiger partial charge on any atom is 0.204 e. The third-order valence-corrected chi connectivity index (χ3v) is 6.68. The van der Waals surface area contributed by atoms with E-state index >= 15 is 0 Å². The Morgan fingerprint density at radius 3 is 2.41 bits per heavy atom. The lowest BCUT2D eigenvalue weighted by atomic mass is 9.58. The van der Waals surface area contributed by atoms with Gasteiger partial charge < -0.3 is 5.73 Å². The van der Waals surface area contributed by atoms with Gasteiger partial charge in [-0.2, -0.15) is 15.8 Å². The molecule has 1 aromatic rings. The Labute approximate surface area is 163 Å². The van der Waals surface area contributed by atoms with Crippen molar-refractivity contribution < 1.29 is 0 Å². The van der Waals surface area contributed by atoms with E-state index in [0.717, 1.165) is 24.0 Å². The van der Waals surface area contributed by atoms with Crippen molar-refractivity contribution in [1.82, 2.24) is 4.90 Å². The van der Waals surface area contributed by atoms with Crippen LogP contribution in [0.25, 0.3) is 0 Å². The van der Waals surface area contributed by atoms with Crippen LogP contribution in [0.3, 0.4) is 0 Å². The molecule has 4 rings (SSSR count). The molecule has 0 amide bonds. The standard InChI is InChI=1S/C21H18ClN5/c1-27-14-6-7-17(27)19-16(8-14)21(10-24,11-25)20(26)15(9-23)18(19)12-2-4-13(22)5-3-12/h2-5,8,14,17-19H,6-7,26H2,1H3. The van der Waals surface area contributed by atoms with Crippen molar-refractivity contribution in [3.8, 4) is 18.2 Å². The van der Waals surface area contributed by atoms with Gasteiger partial charge in [0.15, 0.2) is 0 Å². The Morgan fingerprint density at radius 1 is 1.15 bits per heavy atom. The molecule has 2 N–H and O–H groups in total. The Hall–Kier alpha value is -2.78. The van der Waals surface area contributed by atoms with E-state index in [9.17, 15) is 15.8 Å². The van der Waals surface area contributed by atoms with Gasteiger partial charge in [0.2, 0.25) is 5.41 Å². The van der Waals surface area contributed by atoms with Gasteiger partial charge in [-0.15, -0.1) is 0 Å². The second-order valence-electron chi connectivity index (χ2n) is 7.47. The first-order chi connectivity index (χ1) is 13.0. The van der Waals surface area contributed by atoms with E-state index in [4.69, 9.17) is 17.3 Å². The van der Waals surface area contributed by atoms with Crippen LogP contribution in [0.5, 0.6) is 0 Å². The van der Waals surface area contributed by atoms with Gasteiger partial charge in [-0.25, -0.2) is 0 Å². The number of benzene rings is 1. The highest BCUT2D eigenvalue weighted by Gasteiger charge is 2.57. The van der Waals surface area contributed by atoms with Gasteiger partial charge in [-0.3, -0.25) is 4.90 Å². The van der Waals surface area contributed by atoms with E-state index in [-0.39, 0.29) is 29.6 Å². The average molecular weight is 376 g/mol. The summed E-state index contributed by atoms with van der Waals surface area (Å²) >= 11 is 6.06. The molecule has 3 aliphatic rings. The molecule has 4 atom stereocenters. The molecule has 27 heavy (non-hydrogen) atoms. The van der Waals surface area contributed by atoms with Crippen molar-refractivity contribution in [2.75, 3.05) is 7.05 Å². The summed E-state index contributed by atoms with van der Waals surface area (Å²) in [5.41, 5.74) is 6.84. The summed E-state index contributed by atoms with van der Waals surface area (Å²) < 4.78 is 0. The molecule has 1 fully saturated rings. The third kappa shape index (κ3) is 2.25. The molecule has 1 aromatic carbocycles. The van der Waals surface area contributed by atoms with Crippen LogP contribution in [0.1, 0.15) is 24.3 Å². The van der Waals surface area contributed by atoms with Crippen LogP contribution in [0, 0.1) is 45.3 Å². The molecule has 1 saturated heterocycles. The highest BCUT2D eigenvalue weighted by atomic mass is 35.5. The lowest BCUT2D eigenvalue weighted by molar-refractivity contribution is 0.176. The highest BCUT2D eigenvalue weighted by molar-refractivity contribution is 6.30. The van der Waals surface area contributed by atoms with E-state index in [1.807, 2.05) is 18.2 Å². The van der Waals surface area contributed by atoms with Gasteiger partial charge >= 0.3 is 0 Å². The number of hydrogen-bond donors (Lipinski definition) is 1. The lowest BCUT2D eigenvalue weighted by Crippen LogP contribution is -2.51. The molecule has 0 saturated carbocycles. The number of rotatable bonds is 1. The minimum atomic E-state index is -1.57. The van der Waals surface area contributed by atoms with Crippen molar-refractivity contribution in [1.29, 1.82) is 15.8 Å². The van der Waals surface area contributed by atoms with Gasteiger partial charge in [0.1, 0.15) is 0 Å². The highest BCUT2D eigenvalue weighted by Crippen LogP contribution is 2.57. The summed E-state index contributed by atoms with van der Waals surface area (Å²) in [6, 6.07) is 14.3. The normalized spacial score (nSPS) is 31.3.